The van der Waals surface area contributed by atoms with E-state index in [-0.39, 0.29) is 23.9 Å². The van der Waals surface area contributed by atoms with Crippen LogP contribution in [0.1, 0.15) is 29.2 Å². The van der Waals surface area contributed by atoms with Crippen LogP contribution in [0.25, 0.3) is 22.0 Å². The second kappa shape index (κ2) is 12.0. The zero-order chi connectivity index (χ0) is 29.0. The summed E-state index contributed by atoms with van der Waals surface area (Å²) in [5.74, 6) is 0.213. The number of nitrogens with two attached hydrogens (primary N) is 1. The van der Waals surface area contributed by atoms with Gasteiger partial charge in [0.1, 0.15) is 12.4 Å². The van der Waals surface area contributed by atoms with E-state index in [1.807, 2.05) is 55.5 Å². The molecule has 0 saturated heterocycles. The number of esters is 1. The predicted octanol–water partition coefficient (Wildman–Crippen LogP) is 5.39. The monoisotopic (exact) mass is 569 g/mol. The first-order valence-corrected chi connectivity index (χ1v) is 14.7. The molecule has 0 aliphatic heterocycles. The number of para-hydroxylation sites is 1. The van der Waals surface area contributed by atoms with Gasteiger partial charge < -0.3 is 15.2 Å². The minimum atomic E-state index is -3.97. The molecule has 0 fully saturated rings. The number of rotatable bonds is 10. The lowest BCUT2D eigenvalue weighted by molar-refractivity contribution is -0.142. The lowest BCUT2D eigenvalue weighted by Crippen LogP contribution is -2.14. The fourth-order valence-electron chi connectivity index (χ4n) is 4.67. The summed E-state index contributed by atoms with van der Waals surface area (Å²) in [6.45, 7) is 4.47. The van der Waals surface area contributed by atoms with Crippen molar-refractivity contribution in [1.29, 1.82) is 0 Å². The number of carbonyl (C=O) groups is 1. The molecule has 8 nitrogen and oxygen atoms in total. The van der Waals surface area contributed by atoms with Crippen LogP contribution >= 0.6 is 0 Å². The van der Waals surface area contributed by atoms with E-state index in [0.29, 0.717) is 35.4 Å². The lowest BCUT2D eigenvalue weighted by Gasteiger charge is -2.14. The van der Waals surface area contributed by atoms with Gasteiger partial charge >= 0.3 is 5.97 Å². The molecule has 0 amide bonds. The molecule has 0 saturated carbocycles. The van der Waals surface area contributed by atoms with Gasteiger partial charge in [-0.3, -0.25) is 4.79 Å². The van der Waals surface area contributed by atoms with Crippen molar-refractivity contribution in [1.82, 2.24) is 9.19 Å². The first-order valence-electron chi connectivity index (χ1n) is 13.3. The first kappa shape index (κ1) is 28.1. The standard InChI is InChI=1S/C32H31N3O5S/c1-3-39-32(36)18-26-8-4-5-10-31(26)40-21-24-16-28(25-9-6-7-23(15-25)19-33)29-20-34-35(30(29)17-24)41(37,38)27-13-11-22(2)12-14-27/h4-17,20H,3,18-19,21,33H2,1-2H3. The number of nitrogens with zero attached hydrogens (tertiary/aromatic N) is 2. The molecule has 5 rings (SSSR count). The number of hydrogen-bond donors (Lipinski definition) is 1. The van der Waals surface area contributed by atoms with E-state index in [9.17, 15) is 13.2 Å². The molecular formula is C32H31N3O5S. The van der Waals surface area contributed by atoms with Gasteiger partial charge in [-0.15, -0.1) is 0 Å². The molecule has 2 N–H and O–H groups in total. The van der Waals surface area contributed by atoms with Crippen LogP contribution in [0.3, 0.4) is 0 Å². The van der Waals surface area contributed by atoms with E-state index in [4.69, 9.17) is 15.2 Å². The summed E-state index contributed by atoms with van der Waals surface area (Å²) in [6, 6.07) is 25.5. The van der Waals surface area contributed by atoms with Crippen molar-refractivity contribution >= 4 is 26.9 Å². The minimum Gasteiger partial charge on any atom is -0.489 e. The zero-order valence-electron chi connectivity index (χ0n) is 22.9. The van der Waals surface area contributed by atoms with E-state index in [0.717, 1.165) is 31.9 Å². The Balaban J connectivity index is 1.59. The first-order chi connectivity index (χ1) is 19.8. The van der Waals surface area contributed by atoms with Gasteiger partial charge in [-0.1, -0.05) is 54.1 Å². The summed E-state index contributed by atoms with van der Waals surface area (Å²) in [6.07, 6.45) is 1.66. The highest BCUT2D eigenvalue weighted by Gasteiger charge is 2.22. The minimum absolute atomic E-state index is 0.0851. The number of aromatic nitrogens is 2. The Bertz CT molecular complexity index is 1810. The third kappa shape index (κ3) is 6.01. The summed E-state index contributed by atoms with van der Waals surface area (Å²) in [7, 11) is -3.97. The molecule has 0 bridgehead atoms. The molecule has 9 heteroatoms. The van der Waals surface area contributed by atoms with Gasteiger partial charge in [0.25, 0.3) is 10.0 Å². The summed E-state index contributed by atoms with van der Waals surface area (Å²) in [5.41, 5.74) is 11.4. The van der Waals surface area contributed by atoms with Crippen LogP contribution in [0.15, 0.2) is 96.0 Å². The van der Waals surface area contributed by atoms with Crippen molar-refractivity contribution in [3.63, 3.8) is 0 Å². The summed E-state index contributed by atoms with van der Waals surface area (Å²) in [4.78, 5) is 12.3. The van der Waals surface area contributed by atoms with Crippen LogP contribution in [0.2, 0.25) is 0 Å². The Kier molecular flexibility index (Phi) is 8.19. The summed E-state index contributed by atoms with van der Waals surface area (Å²) >= 11 is 0. The molecule has 0 aliphatic carbocycles. The van der Waals surface area contributed by atoms with Crippen LogP contribution in [-0.2, 0) is 39.1 Å². The Morgan fingerprint density at radius 3 is 2.49 bits per heavy atom. The molecule has 0 spiro atoms. The Labute approximate surface area is 239 Å². The Morgan fingerprint density at radius 1 is 0.951 bits per heavy atom. The van der Waals surface area contributed by atoms with Crippen LogP contribution in [-0.4, -0.2) is 30.2 Å². The fraction of sp³-hybridized carbons (Fsp3) is 0.188. The van der Waals surface area contributed by atoms with E-state index < -0.39 is 10.0 Å². The van der Waals surface area contributed by atoms with E-state index in [2.05, 4.69) is 5.10 Å². The number of fused-ring (bicyclic) bond motifs is 1. The Hall–Kier alpha value is -4.47. The maximum atomic E-state index is 13.7. The highest BCUT2D eigenvalue weighted by molar-refractivity contribution is 7.90. The van der Waals surface area contributed by atoms with Gasteiger partial charge in [-0.05, 0) is 72.5 Å². The molecule has 5 aromatic rings. The highest BCUT2D eigenvalue weighted by Crippen LogP contribution is 2.33. The number of aryl methyl sites for hydroxylation is 1. The zero-order valence-corrected chi connectivity index (χ0v) is 23.7. The van der Waals surface area contributed by atoms with Crippen molar-refractivity contribution in [2.75, 3.05) is 6.61 Å². The van der Waals surface area contributed by atoms with Crippen LogP contribution in [0, 0.1) is 6.92 Å². The molecule has 210 valence electrons. The van der Waals surface area contributed by atoms with Crippen LogP contribution in [0.5, 0.6) is 5.75 Å². The average molecular weight is 570 g/mol. The molecular weight excluding hydrogens is 538 g/mol. The SMILES string of the molecule is CCOC(=O)Cc1ccccc1OCc1cc(-c2cccc(CN)c2)c2cnn(S(=O)(=O)c3ccc(C)cc3)c2c1. The van der Waals surface area contributed by atoms with Crippen molar-refractivity contribution < 1.29 is 22.7 Å². The Morgan fingerprint density at radius 2 is 1.73 bits per heavy atom. The molecule has 0 unspecified atom stereocenters. The second-order valence-electron chi connectivity index (χ2n) is 9.66. The van der Waals surface area contributed by atoms with Crippen molar-refractivity contribution in [2.45, 2.75) is 38.3 Å². The highest BCUT2D eigenvalue weighted by atomic mass is 32.2. The average Bonchev–Trinajstić information content (AvgIpc) is 3.42. The number of hydrogen-bond acceptors (Lipinski definition) is 7. The van der Waals surface area contributed by atoms with Gasteiger partial charge in [-0.25, -0.2) is 0 Å². The maximum Gasteiger partial charge on any atom is 0.310 e. The quantitative estimate of drug-likeness (QED) is 0.224. The van der Waals surface area contributed by atoms with E-state index in [1.165, 1.54) is 0 Å². The third-order valence-electron chi connectivity index (χ3n) is 6.74. The van der Waals surface area contributed by atoms with E-state index in [1.54, 1.807) is 49.5 Å². The lowest BCUT2D eigenvalue weighted by atomic mass is 9.98. The van der Waals surface area contributed by atoms with Gasteiger partial charge in [0.15, 0.2) is 0 Å². The van der Waals surface area contributed by atoms with Gasteiger partial charge in [0.05, 0.1) is 29.6 Å². The molecule has 4 aromatic carbocycles. The van der Waals surface area contributed by atoms with Crippen LogP contribution in [0.4, 0.5) is 0 Å². The fourth-order valence-corrected chi connectivity index (χ4v) is 5.93. The second-order valence-corrected chi connectivity index (χ2v) is 11.4. The van der Waals surface area contributed by atoms with Crippen molar-refractivity contribution in [3.05, 3.63) is 113 Å². The third-order valence-corrected chi connectivity index (χ3v) is 8.36. The van der Waals surface area contributed by atoms with Crippen LogP contribution < -0.4 is 10.5 Å². The summed E-state index contributed by atoms with van der Waals surface area (Å²) in [5, 5.41) is 5.01. The molecule has 1 aromatic heterocycles. The van der Waals surface area contributed by atoms with Gasteiger partial charge in [0.2, 0.25) is 0 Å². The number of benzene rings is 4. The van der Waals surface area contributed by atoms with E-state index >= 15 is 0 Å². The molecule has 41 heavy (non-hydrogen) atoms. The normalized spacial score (nSPS) is 11.5. The number of ether oxygens (including phenoxy) is 2. The largest absolute Gasteiger partial charge is 0.489 e. The van der Waals surface area contributed by atoms with Crippen molar-refractivity contribution in [2.24, 2.45) is 5.73 Å². The van der Waals surface area contributed by atoms with Gasteiger partial charge in [-0.2, -0.15) is 17.6 Å². The molecule has 0 atom stereocenters. The molecule has 0 aliphatic rings. The molecule has 1 heterocycles. The smallest absolute Gasteiger partial charge is 0.310 e. The van der Waals surface area contributed by atoms with Crippen molar-refractivity contribution in [3.8, 4) is 16.9 Å². The number of carbonyl (C=O) groups excluding carboxylic acids is 1. The maximum absolute atomic E-state index is 13.7. The summed E-state index contributed by atoms with van der Waals surface area (Å²) < 4.78 is 39.7. The topological polar surface area (TPSA) is 114 Å². The predicted molar refractivity (Wildman–Crippen MR) is 158 cm³/mol. The molecule has 0 radical (unpaired) electrons. The van der Waals surface area contributed by atoms with Gasteiger partial charge in [0, 0.05) is 17.5 Å².